The van der Waals surface area contributed by atoms with Crippen LogP contribution in [0.4, 0.5) is 0 Å². The molecule has 1 unspecified atom stereocenters. The minimum atomic E-state index is -0.966. The Kier molecular flexibility index (Phi) is 6.00. The van der Waals surface area contributed by atoms with Gasteiger partial charge in [0.2, 0.25) is 0 Å². The predicted octanol–water partition coefficient (Wildman–Crippen LogP) is 4.15. The zero-order chi connectivity index (χ0) is 21.8. The average molecular weight is 417 g/mol. The van der Waals surface area contributed by atoms with Gasteiger partial charge in [0.15, 0.2) is 12.3 Å². The number of ether oxygens (including phenoxy) is 3. The Morgan fingerprint density at radius 1 is 0.806 bits per heavy atom. The molecule has 31 heavy (non-hydrogen) atoms. The van der Waals surface area contributed by atoms with Crippen molar-refractivity contribution >= 4 is 11.9 Å². The highest BCUT2D eigenvalue weighted by molar-refractivity contribution is 5.95. The second-order valence-corrected chi connectivity index (χ2v) is 7.14. The summed E-state index contributed by atoms with van der Waals surface area (Å²) < 4.78 is 16.5. The maximum Gasteiger partial charge on any atom is 0.337 e. The van der Waals surface area contributed by atoms with Crippen molar-refractivity contribution in [2.45, 2.75) is 18.4 Å². The Bertz CT molecular complexity index is 1040. The smallest absolute Gasteiger partial charge is 0.337 e. The molecule has 0 N–H and O–H groups in total. The van der Waals surface area contributed by atoms with Crippen molar-refractivity contribution in [3.63, 3.8) is 0 Å². The lowest BCUT2D eigenvalue weighted by molar-refractivity contribution is -0.154. The number of esters is 1. The summed E-state index contributed by atoms with van der Waals surface area (Å²) in [5, 5.41) is 0. The van der Waals surface area contributed by atoms with Gasteiger partial charge >= 0.3 is 5.97 Å². The predicted molar refractivity (Wildman–Crippen MR) is 114 cm³/mol. The van der Waals surface area contributed by atoms with E-state index in [1.54, 1.807) is 36.3 Å². The summed E-state index contributed by atoms with van der Waals surface area (Å²) >= 11 is 0. The molecule has 0 aromatic heterocycles. The van der Waals surface area contributed by atoms with Crippen LogP contribution in [0.15, 0.2) is 84.9 Å². The minimum absolute atomic E-state index is 0.235. The van der Waals surface area contributed by atoms with Crippen LogP contribution in [0.2, 0.25) is 0 Å². The first-order valence-corrected chi connectivity index (χ1v) is 9.94. The Morgan fingerprint density at radius 2 is 1.42 bits per heavy atom. The van der Waals surface area contributed by atoms with Gasteiger partial charge in [0, 0.05) is 11.1 Å². The molecule has 6 nitrogen and oxygen atoms in total. The van der Waals surface area contributed by atoms with Gasteiger partial charge in [0.25, 0.3) is 5.91 Å². The van der Waals surface area contributed by atoms with E-state index in [9.17, 15) is 9.59 Å². The number of benzene rings is 3. The fourth-order valence-corrected chi connectivity index (χ4v) is 3.83. The zero-order valence-electron chi connectivity index (χ0n) is 17.3. The molecular formula is C25H23NO5. The maximum absolute atomic E-state index is 13.7. The van der Waals surface area contributed by atoms with Gasteiger partial charge in [0.05, 0.1) is 20.3 Å². The summed E-state index contributed by atoms with van der Waals surface area (Å²) in [5.41, 5.74) is 2.03. The highest BCUT2D eigenvalue weighted by Gasteiger charge is 2.50. The number of hydrogen-bond donors (Lipinski definition) is 0. The second-order valence-electron chi connectivity index (χ2n) is 7.14. The van der Waals surface area contributed by atoms with Crippen molar-refractivity contribution in [2.75, 3.05) is 14.2 Å². The van der Waals surface area contributed by atoms with E-state index in [0.29, 0.717) is 11.3 Å². The highest BCUT2D eigenvalue weighted by Crippen LogP contribution is 2.44. The van der Waals surface area contributed by atoms with Gasteiger partial charge in [-0.1, -0.05) is 60.7 Å². The first-order chi connectivity index (χ1) is 15.1. The van der Waals surface area contributed by atoms with E-state index in [-0.39, 0.29) is 5.91 Å². The molecule has 158 valence electrons. The van der Waals surface area contributed by atoms with E-state index >= 15 is 0 Å². The molecule has 3 atom stereocenters. The molecule has 1 heterocycles. The van der Waals surface area contributed by atoms with Crippen molar-refractivity contribution < 1.29 is 23.8 Å². The van der Waals surface area contributed by atoms with Gasteiger partial charge in [-0.3, -0.25) is 9.69 Å². The molecule has 3 aromatic carbocycles. The van der Waals surface area contributed by atoms with Crippen LogP contribution in [0.25, 0.3) is 0 Å². The number of hydrogen-bond acceptors (Lipinski definition) is 5. The molecule has 0 radical (unpaired) electrons. The topological polar surface area (TPSA) is 65.1 Å². The van der Waals surface area contributed by atoms with Crippen LogP contribution in [-0.2, 0) is 14.3 Å². The van der Waals surface area contributed by atoms with Gasteiger partial charge in [-0.15, -0.1) is 0 Å². The van der Waals surface area contributed by atoms with Crippen molar-refractivity contribution in [3.05, 3.63) is 102 Å². The molecule has 1 aliphatic rings. The van der Waals surface area contributed by atoms with E-state index in [4.69, 9.17) is 14.2 Å². The first kappa shape index (κ1) is 20.6. The molecule has 1 aliphatic heterocycles. The lowest BCUT2D eigenvalue weighted by Gasteiger charge is -2.29. The second kappa shape index (κ2) is 9.02. The fourth-order valence-electron chi connectivity index (χ4n) is 3.83. The summed E-state index contributed by atoms with van der Waals surface area (Å²) in [6.07, 6.45) is -1.74. The van der Waals surface area contributed by atoms with Crippen LogP contribution in [-0.4, -0.2) is 37.1 Å². The van der Waals surface area contributed by atoms with Crippen molar-refractivity contribution in [3.8, 4) is 5.75 Å². The number of rotatable bonds is 5. The molecule has 1 saturated heterocycles. The van der Waals surface area contributed by atoms with Gasteiger partial charge in [-0.05, 0) is 29.8 Å². The third-order valence-corrected chi connectivity index (χ3v) is 5.35. The fraction of sp³-hybridized carbons (Fsp3) is 0.200. The van der Waals surface area contributed by atoms with Gasteiger partial charge < -0.3 is 14.2 Å². The number of methoxy groups -OCH3 is 2. The lowest BCUT2D eigenvalue weighted by atomic mass is 9.99. The van der Waals surface area contributed by atoms with Gasteiger partial charge in [-0.2, -0.15) is 0 Å². The minimum Gasteiger partial charge on any atom is -0.497 e. The molecule has 3 aromatic rings. The van der Waals surface area contributed by atoms with E-state index in [0.717, 1.165) is 11.1 Å². The Morgan fingerprint density at radius 3 is 2.00 bits per heavy atom. The zero-order valence-corrected chi connectivity index (χ0v) is 17.3. The van der Waals surface area contributed by atoms with Crippen LogP contribution >= 0.6 is 0 Å². The maximum atomic E-state index is 13.7. The summed E-state index contributed by atoms with van der Waals surface area (Å²) in [6.45, 7) is 0. The Hall–Kier alpha value is -3.64. The van der Waals surface area contributed by atoms with Crippen molar-refractivity contribution in [1.82, 2.24) is 4.90 Å². The number of amides is 1. The Labute approximate surface area is 181 Å². The monoisotopic (exact) mass is 417 g/mol. The van der Waals surface area contributed by atoms with Gasteiger partial charge in [-0.25, -0.2) is 4.79 Å². The number of carbonyl (C=O) groups excluding carboxylic acids is 2. The molecule has 0 spiro atoms. The number of carbonyl (C=O) groups is 2. The molecular weight excluding hydrogens is 394 g/mol. The van der Waals surface area contributed by atoms with Crippen LogP contribution in [0.1, 0.15) is 33.8 Å². The molecule has 1 fully saturated rings. The van der Waals surface area contributed by atoms with E-state index in [1.807, 2.05) is 60.7 Å². The molecule has 1 amide bonds. The van der Waals surface area contributed by atoms with Crippen LogP contribution in [0, 0.1) is 0 Å². The molecule has 4 rings (SSSR count). The van der Waals surface area contributed by atoms with E-state index in [2.05, 4.69) is 0 Å². The average Bonchev–Trinajstić information content (AvgIpc) is 3.25. The van der Waals surface area contributed by atoms with Crippen molar-refractivity contribution in [2.24, 2.45) is 0 Å². The summed E-state index contributed by atoms with van der Waals surface area (Å²) in [6, 6.07) is 25.0. The summed E-state index contributed by atoms with van der Waals surface area (Å²) in [5.74, 6) is -0.0794. The summed E-state index contributed by atoms with van der Waals surface area (Å²) in [7, 11) is 2.91. The first-order valence-electron chi connectivity index (χ1n) is 9.94. The van der Waals surface area contributed by atoms with Gasteiger partial charge in [0.1, 0.15) is 5.75 Å². The SMILES string of the molecule is COC(=O)[C@@H]1OC(c2ccc(OC)cc2)N(C(=O)c2ccccc2)[C@H]1c1ccccc1. The van der Waals surface area contributed by atoms with Crippen LogP contribution in [0.5, 0.6) is 5.75 Å². The Balaban J connectivity index is 1.84. The molecule has 0 saturated carbocycles. The molecule has 6 heteroatoms. The van der Waals surface area contributed by atoms with Crippen molar-refractivity contribution in [1.29, 1.82) is 0 Å². The quantitative estimate of drug-likeness (QED) is 0.584. The molecule has 0 bridgehead atoms. The number of nitrogens with zero attached hydrogens (tertiary/aromatic N) is 1. The normalized spacial score (nSPS) is 20.3. The highest BCUT2D eigenvalue weighted by atomic mass is 16.6. The standard InChI is InChI=1S/C25H23NO5/c1-29-20-15-13-19(14-16-20)24-26(23(27)18-11-7-4-8-12-18)21(17-9-5-3-6-10-17)22(31-24)25(28)30-2/h3-16,21-22,24H,1-2H3/t21-,22+,24?/m0/s1. The van der Waals surface area contributed by atoms with E-state index in [1.165, 1.54) is 7.11 Å². The lowest BCUT2D eigenvalue weighted by Crippen LogP contribution is -2.37. The summed E-state index contributed by atoms with van der Waals surface area (Å²) in [4.78, 5) is 28.0. The van der Waals surface area contributed by atoms with E-state index < -0.39 is 24.3 Å². The van der Waals surface area contributed by atoms with Crippen LogP contribution < -0.4 is 4.74 Å². The van der Waals surface area contributed by atoms with Crippen LogP contribution in [0.3, 0.4) is 0 Å². The third-order valence-electron chi connectivity index (χ3n) is 5.35. The third kappa shape index (κ3) is 4.02. The largest absolute Gasteiger partial charge is 0.497 e. The molecule has 0 aliphatic carbocycles.